The minimum absolute atomic E-state index is 0.226. The van der Waals surface area contributed by atoms with Crippen LogP contribution in [0.15, 0.2) is 18.2 Å². The van der Waals surface area contributed by atoms with E-state index in [4.69, 9.17) is 28.4 Å². The molecule has 1 aromatic rings. The lowest BCUT2D eigenvalue weighted by Crippen LogP contribution is -2.48. The fourth-order valence-corrected chi connectivity index (χ4v) is 4.03. The van der Waals surface area contributed by atoms with Crippen molar-refractivity contribution in [1.82, 2.24) is 31.1 Å². The second kappa shape index (κ2) is 26.4. The molecule has 0 fully saturated rings. The lowest BCUT2D eigenvalue weighted by atomic mass is 10.1. The first-order valence-electron chi connectivity index (χ1n) is 16.0. The molecular formula is C32H52N6O12. The van der Waals surface area contributed by atoms with Gasteiger partial charge in [-0.05, 0) is 24.1 Å². The van der Waals surface area contributed by atoms with Gasteiger partial charge >= 0.3 is 0 Å². The molecule has 0 saturated carbocycles. The quantitative estimate of drug-likeness (QED) is 0.0711. The number of ether oxygens (including phenoxy) is 6. The lowest BCUT2D eigenvalue weighted by molar-refractivity contribution is -0.141. The molecule has 0 aromatic heterocycles. The first kappa shape index (κ1) is 43.5. The average Bonchev–Trinajstić information content (AvgIpc) is 3.09. The van der Waals surface area contributed by atoms with E-state index in [0.29, 0.717) is 6.42 Å². The Morgan fingerprint density at radius 2 is 0.820 bits per heavy atom. The van der Waals surface area contributed by atoms with Gasteiger partial charge in [0.1, 0.15) is 37.7 Å². The second-order valence-corrected chi connectivity index (χ2v) is 10.6. The number of nitrogens with one attached hydrogen (secondary N) is 4. The highest BCUT2D eigenvalue weighted by Crippen LogP contribution is 2.24. The number of aryl methyl sites for hydroxylation is 1. The van der Waals surface area contributed by atoms with Crippen LogP contribution in [0, 0.1) is 0 Å². The zero-order valence-corrected chi connectivity index (χ0v) is 29.6. The van der Waals surface area contributed by atoms with Crippen LogP contribution in [-0.4, -0.2) is 166 Å². The Morgan fingerprint density at radius 3 is 1.08 bits per heavy atom. The van der Waals surface area contributed by atoms with Crippen LogP contribution in [0.5, 0.6) is 11.5 Å². The van der Waals surface area contributed by atoms with E-state index in [1.54, 1.807) is 12.1 Å². The summed E-state index contributed by atoms with van der Waals surface area (Å²) in [4.78, 5) is 78.2. The number of rotatable bonds is 27. The van der Waals surface area contributed by atoms with Gasteiger partial charge in [0.2, 0.25) is 23.6 Å². The molecule has 18 heteroatoms. The highest BCUT2D eigenvalue weighted by Gasteiger charge is 2.23. The van der Waals surface area contributed by atoms with Gasteiger partial charge < -0.3 is 59.5 Å². The molecule has 0 aliphatic rings. The Hall–Kier alpha value is -4.52. The van der Waals surface area contributed by atoms with Crippen molar-refractivity contribution in [3.63, 3.8) is 0 Å². The van der Waals surface area contributed by atoms with Crippen LogP contribution in [0.1, 0.15) is 12.5 Å². The van der Waals surface area contributed by atoms with Crippen molar-refractivity contribution in [2.45, 2.75) is 13.3 Å². The SMILES string of the molecule is CCc1cc(OCC(=O)N(CC(=O)NCCOC)CC(=O)NCCOC)cc(OCC(=O)N(CC(=O)NCCOC)CC(=O)NCCOC)c1. The van der Waals surface area contributed by atoms with E-state index in [2.05, 4.69) is 21.3 Å². The molecule has 1 rings (SSSR count). The van der Waals surface area contributed by atoms with Gasteiger partial charge in [0.15, 0.2) is 13.2 Å². The largest absolute Gasteiger partial charge is 0.484 e. The van der Waals surface area contributed by atoms with Gasteiger partial charge in [-0.25, -0.2) is 0 Å². The molecule has 0 bridgehead atoms. The van der Waals surface area contributed by atoms with E-state index in [9.17, 15) is 28.8 Å². The third-order valence-corrected chi connectivity index (χ3v) is 6.63. The highest BCUT2D eigenvalue weighted by molar-refractivity contribution is 5.90. The summed E-state index contributed by atoms with van der Waals surface area (Å²) in [6.45, 7) is 1.32. The first-order valence-corrected chi connectivity index (χ1v) is 16.0. The van der Waals surface area contributed by atoms with Gasteiger partial charge in [-0.2, -0.15) is 0 Å². The van der Waals surface area contributed by atoms with E-state index in [-0.39, 0.29) is 90.3 Å². The van der Waals surface area contributed by atoms with Crippen molar-refractivity contribution < 1.29 is 57.2 Å². The fraction of sp³-hybridized carbons (Fsp3) is 0.625. The van der Waals surface area contributed by atoms with E-state index < -0.39 is 48.7 Å². The molecular weight excluding hydrogens is 660 g/mol. The van der Waals surface area contributed by atoms with Gasteiger partial charge in [-0.3, -0.25) is 28.8 Å². The van der Waals surface area contributed by atoms with E-state index in [0.717, 1.165) is 15.4 Å². The highest BCUT2D eigenvalue weighted by atomic mass is 16.5. The maximum atomic E-state index is 13.1. The zero-order chi connectivity index (χ0) is 37.1. The Bertz CT molecular complexity index is 1080. The summed E-state index contributed by atoms with van der Waals surface area (Å²) in [5.41, 5.74) is 0.760. The summed E-state index contributed by atoms with van der Waals surface area (Å²) in [5, 5.41) is 10.5. The molecule has 0 spiro atoms. The number of benzene rings is 1. The molecule has 0 aliphatic carbocycles. The summed E-state index contributed by atoms with van der Waals surface area (Å²) < 4.78 is 31.2. The predicted molar refractivity (Wildman–Crippen MR) is 180 cm³/mol. The number of methoxy groups -OCH3 is 4. The third kappa shape index (κ3) is 19.5. The number of carbonyl (C=O) groups excluding carboxylic acids is 6. The normalized spacial score (nSPS) is 10.5. The lowest BCUT2D eigenvalue weighted by Gasteiger charge is -2.22. The molecule has 18 nitrogen and oxygen atoms in total. The molecule has 0 radical (unpaired) electrons. The molecule has 282 valence electrons. The van der Waals surface area contributed by atoms with Crippen LogP contribution < -0.4 is 30.7 Å². The van der Waals surface area contributed by atoms with Crippen LogP contribution in [0.4, 0.5) is 0 Å². The summed E-state index contributed by atoms with van der Waals surface area (Å²) in [7, 11) is 5.94. The van der Waals surface area contributed by atoms with E-state index in [1.165, 1.54) is 34.5 Å². The number of amides is 6. The van der Waals surface area contributed by atoms with Crippen LogP contribution in [0.25, 0.3) is 0 Å². The van der Waals surface area contributed by atoms with Gasteiger partial charge in [0.25, 0.3) is 11.8 Å². The van der Waals surface area contributed by atoms with Gasteiger partial charge in [-0.1, -0.05) is 6.92 Å². The van der Waals surface area contributed by atoms with Crippen LogP contribution in [0.2, 0.25) is 0 Å². The van der Waals surface area contributed by atoms with Gasteiger partial charge in [-0.15, -0.1) is 0 Å². The van der Waals surface area contributed by atoms with Crippen molar-refractivity contribution in [2.24, 2.45) is 0 Å². The van der Waals surface area contributed by atoms with Crippen molar-refractivity contribution in [1.29, 1.82) is 0 Å². The molecule has 4 N–H and O–H groups in total. The van der Waals surface area contributed by atoms with Gasteiger partial charge in [0, 0.05) is 60.7 Å². The van der Waals surface area contributed by atoms with Crippen molar-refractivity contribution in [3.05, 3.63) is 23.8 Å². The van der Waals surface area contributed by atoms with Crippen LogP contribution >= 0.6 is 0 Å². The summed E-state index contributed by atoms with van der Waals surface area (Å²) in [5.74, 6) is -2.72. The molecule has 0 aliphatic heterocycles. The minimum Gasteiger partial charge on any atom is -0.484 e. The topological polar surface area (TPSA) is 212 Å². The zero-order valence-electron chi connectivity index (χ0n) is 29.6. The molecule has 0 atom stereocenters. The first-order chi connectivity index (χ1) is 24.1. The standard InChI is InChI=1S/C32H52N6O12/c1-6-24-15-25(49-22-31(43)37(18-27(39)33-7-11-45-2)19-28(40)34-8-12-46-3)17-26(16-24)50-23-32(44)38(20-29(41)35-9-13-47-4)21-30(42)36-10-14-48-5/h15-17H,6-14,18-23H2,1-5H3,(H,33,39)(H,34,40)(H,35,41)(H,36,42). The third-order valence-electron chi connectivity index (χ3n) is 6.63. The Kier molecular flexibility index (Phi) is 22.9. The van der Waals surface area contributed by atoms with Crippen molar-refractivity contribution in [3.8, 4) is 11.5 Å². The maximum absolute atomic E-state index is 13.1. The molecule has 0 saturated heterocycles. The van der Waals surface area contributed by atoms with Crippen LogP contribution in [0.3, 0.4) is 0 Å². The number of carbonyl (C=O) groups is 6. The molecule has 50 heavy (non-hydrogen) atoms. The maximum Gasteiger partial charge on any atom is 0.261 e. The average molecular weight is 713 g/mol. The summed E-state index contributed by atoms with van der Waals surface area (Å²) in [6, 6.07) is 4.84. The molecule has 6 amide bonds. The number of hydrogen-bond acceptors (Lipinski definition) is 12. The summed E-state index contributed by atoms with van der Waals surface area (Å²) >= 11 is 0. The monoisotopic (exact) mass is 712 g/mol. The Balaban J connectivity index is 2.99. The Morgan fingerprint density at radius 1 is 0.520 bits per heavy atom. The number of nitrogens with zero attached hydrogens (tertiary/aromatic N) is 2. The Labute approximate surface area is 292 Å². The summed E-state index contributed by atoms with van der Waals surface area (Å²) in [6.07, 6.45) is 0.556. The van der Waals surface area contributed by atoms with Gasteiger partial charge in [0.05, 0.1) is 26.4 Å². The smallest absolute Gasteiger partial charge is 0.261 e. The predicted octanol–water partition coefficient (Wildman–Crippen LogP) is -2.29. The minimum atomic E-state index is -0.628. The van der Waals surface area contributed by atoms with Crippen molar-refractivity contribution in [2.75, 3.05) is 120 Å². The van der Waals surface area contributed by atoms with Crippen LogP contribution in [-0.2, 0) is 54.1 Å². The van der Waals surface area contributed by atoms with E-state index >= 15 is 0 Å². The fourth-order valence-electron chi connectivity index (χ4n) is 4.03. The molecule has 0 heterocycles. The number of hydrogen-bond donors (Lipinski definition) is 4. The molecule has 0 unspecified atom stereocenters. The van der Waals surface area contributed by atoms with E-state index in [1.807, 2.05) is 6.92 Å². The van der Waals surface area contributed by atoms with Crippen molar-refractivity contribution >= 4 is 35.4 Å². The molecule has 1 aromatic carbocycles. The second-order valence-electron chi connectivity index (χ2n) is 10.6.